The highest BCUT2D eigenvalue weighted by Crippen LogP contribution is 2.25. The van der Waals surface area contributed by atoms with E-state index >= 15 is 0 Å². The first-order valence-electron chi connectivity index (χ1n) is 11.6. The van der Waals surface area contributed by atoms with Crippen molar-refractivity contribution in [1.82, 2.24) is 10.2 Å². The second-order valence-electron chi connectivity index (χ2n) is 9.26. The summed E-state index contributed by atoms with van der Waals surface area (Å²) in [7, 11) is 0. The van der Waals surface area contributed by atoms with Gasteiger partial charge in [-0.15, -0.1) is 0 Å². The van der Waals surface area contributed by atoms with Gasteiger partial charge in [0, 0.05) is 13.0 Å². The van der Waals surface area contributed by atoms with Gasteiger partial charge in [-0.25, -0.2) is 9.59 Å². The highest BCUT2D eigenvalue weighted by Gasteiger charge is 2.36. The fourth-order valence-corrected chi connectivity index (χ4v) is 3.88. The van der Waals surface area contributed by atoms with Gasteiger partial charge in [-0.05, 0) is 39.4 Å². The van der Waals surface area contributed by atoms with Crippen molar-refractivity contribution in [3.8, 4) is 11.1 Å². The molecule has 3 amide bonds. The van der Waals surface area contributed by atoms with Crippen LogP contribution in [0.4, 0.5) is 4.79 Å². The van der Waals surface area contributed by atoms with Crippen molar-refractivity contribution in [2.75, 3.05) is 13.1 Å². The van der Waals surface area contributed by atoms with E-state index in [-0.39, 0.29) is 18.9 Å². The van der Waals surface area contributed by atoms with E-state index < -0.39 is 36.3 Å². The number of rotatable bonds is 10. The SMILES string of the molecule is CC(C)CN(CC(O)(O)C(N)=O)C(=O)NC(Cc1ccc(-c2ccc3ccccc3c2)cc1)C(=O)O. The number of carbonyl (C=O) groups is 3. The van der Waals surface area contributed by atoms with Crippen LogP contribution < -0.4 is 11.1 Å². The summed E-state index contributed by atoms with van der Waals surface area (Å²) in [6, 6.07) is 19.5. The molecule has 0 aliphatic heterocycles. The molecule has 0 aromatic heterocycles. The van der Waals surface area contributed by atoms with E-state index in [1.165, 1.54) is 0 Å². The quantitative estimate of drug-likeness (QED) is 0.273. The molecule has 1 atom stereocenters. The summed E-state index contributed by atoms with van der Waals surface area (Å²) in [5.74, 6) is -5.69. The zero-order valence-corrected chi connectivity index (χ0v) is 20.2. The van der Waals surface area contributed by atoms with Crippen LogP contribution in [0.5, 0.6) is 0 Å². The normalized spacial score (nSPS) is 12.4. The second kappa shape index (κ2) is 11.2. The van der Waals surface area contributed by atoms with Gasteiger partial charge in [0.1, 0.15) is 6.04 Å². The third kappa shape index (κ3) is 6.80. The molecule has 9 nitrogen and oxygen atoms in total. The van der Waals surface area contributed by atoms with Crippen molar-refractivity contribution in [3.05, 3.63) is 72.3 Å². The fourth-order valence-electron chi connectivity index (χ4n) is 3.88. The number of amides is 3. The lowest BCUT2D eigenvalue weighted by Crippen LogP contribution is -2.57. The number of hydrogen-bond donors (Lipinski definition) is 5. The largest absolute Gasteiger partial charge is 0.480 e. The van der Waals surface area contributed by atoms with Crippen LogP contribution in [0.3, 0.4) is 0 Å². The maximum Gasteiger partial charge on any atom is 0.326 e. The average molecular weight is 494 g/mol. The molecule has 0 radical (unpaired) electrons. The molecule has 0 saturated heterocycles. The predicted octanol–water partition coefficient (Wildman–Crippen LogP) is 2.34. The fraction of sp³-hybridized carbons (Fsp3) is 0.296. The number of nitrogens with one attached hydrogen (secondary N) is 1. The molecular weight excluding hydrogens is 462 g/mol. The highest BCUT2D eigenvalue weighted by atomic mass is 16.5. The first-order valence-corrected chi connectivity index (χ1v) is 11.6. The minimum absolute atomic E-state index is 0.00774. The molecule has 190 valence electrons. The van der Waals surface area contributed by atoms with Gasteiger partial charge in [-0.1, -0.05) is 74.5 Å². The Labute approximate surface area is 209 Å². The Kier molecular flexibility index (Phi) is 8.29. The molecular formula is C27H31N3O6. The number of hydrogen-bond acceptors (Lipinski definition) is 5. The number of carboxylic acids is 1. The molecule has 36 heavy (non-hydrogen) atoms. The topological polar surface area (TPSA) is 153 Å². The van der Waals surface area contributed by atoms with Gasteiger partial charge < -0.3 is 31.3 Å². The first kappa shape index (κ1) is 26.7. The number of nitrogens with two attached hydrogens (primary N) is 1. The standard InChI is InChI=1S/C27H31N3O6/c1-17(2)15-30(16-27(35,36)25(28)33)26(34)29-23(24(31)32)13-18-7-9-20(10-8-18)22-12-11-19-5-3-4-6-21(19)14-22/h3-12,14,17,23,35-36H,13,15-16H2,1-2H3,(H2,28,33)(H,29,34)(H,31,32). The molecule has 0 bridgehead atoms. The number of primary amides is 1. The van der Waals surface area contributed by atoms with Gasteiger partial charge >= 0.3 is 12.0 Å². The number of carboxylic acid groups (broad SMARTS) is 1. The van der Waals surface area contributed by atoms with Gasteiger partial charge in [0.15, 0.2) is 0 Å². The van der Waals surface area contributed by atoms with Gasteiger partial charge in [-0.2, -0.15) is 0 Å². The zero-order chi connectivity index (χ0) is 26.5. The summed E-state index contributed by atoms with van der Waals surface area (Å²) in [4.78, 5) is 37.0. The maximum absolute atomic E-state index is 12.8. The highest BCUT2D eigenvalue weighted by molar-refractivity contribution is 5.87. The lowest BCUT2D eigenvalue weighted by Gasteiger charge is -2.30. The number of aliphatic carboxylic acids is 1. The minimum Gasteiger partial charge on any atom is -0.480 e. The van der Waals surface area contributed by atoms with Crippen molar-refractivity contribution in [3.63, 3.8) is 0 Å². The van der Waals surface area contributed by atoms with Gasteiger partial charge in [-0.3, -0.25) is 4.79 Å². The van der Waals surface area contributed by atoms with Crippen LogP contribution in [-0.2, 0) is 16.0 Å². The number of benzene rings is 3. The van der Waals surface area contributed by atoms with Crippen molar-refractivity contribution < 1.29 is 29.7 Å². The van der Waals surface area contributed by atoms with Crippen LogP contribution in [0, 0.1) is 5.92 Å². The van der Waals surface area contributed by atoms with E-state index in [1.807, 2.05) is 48.5 Å². The Morgan fingerprint density at radius 1 is 0.944 bits per heavy atom. The summed E-state index contributed by atoms with van der Waals surface area (Å²) < 4.78 is 0. The maximum atomic E-state index is 12.8. The van der Waals surface area contributed by atoms with Crippen molar-refractivity contribution in [2.45, 2.75) is 32.1 Å². The molecule has 3 rings (SSSR count). The summed E-state index contributed by atoms with van der Waals surface area (Å²) >= 11 is 0. The lowest BCUT2D eigenvalue weighted by molar-refractivity contribution is -0.185. The molecule has 0 aliphatic carbocycles. The smallest absolute Gasteiger partial charge is 0.326 e. The summed E-state index contributed by atoms with van der Waals surface area (Å²) in [5, 5.41) is 34.0. The molecule has 1 unspecified atom stereocenters. The van der Waals surface area contributed by atoms with E-state index in [4.69, 9.17) is 5.73 Å². The Hall–Kier alpha value is -3.95. The Morgan fingerprint density at radius 3 is 2.14 bits per heavy atom. The van der Waals surface area contributed by atoms with Gasteiger partial charge in [0.05, 0.1) is 6.54 Å². The van der Waals surface area contributed by atoms with Crippen LogP contribution in [0.15, 0.2) is 66.7 Å². The molecule has 3 aromatic carbocycles. The van der Waals surface area contributed by atoms with Crippen LogP contribution in [0.25, 0.3) is 21.9 Å². The average Bonchev–Trinajstić information content (AvgIpc) is 2.82. The minimum atomic E-state index is -2.94. The monoisotopic (exact) mass is 493 g/mol. The van der Waals surface area contributed by atoms with Crippen LogP contribution >= 0.6 is 0 Å². The Balaban J connectivity index is 1.73. The second-order valence-corrected chi connectivity index (χ2v) is 9.26. The third-order valence-corrected chi connectivity index (χ3v) is 5.75. The Morgan fingerprint density at radius 2 is 1.56 bits per heavy atom. The molecule has 0 saturated carbocycles. The molecule has 9 heteroatoms. The first-order chi connectivity index (χ1) is 17.0. The molecule has 6 N–H and O–H groups in total. The van der Waals surface area contributed by atoms with E-state index in [2.05, 4.69) is 11.4 Å². The van der Waals surface area contributed by atoms with Gasteiger partial charge in [0.2, 0.25) is 0 Å². The number of nitrogens with zero attached hydrogens (tertiary/aromatic N) is 1. The zero-order valence-electron chi connectivity index (χ0n) is 20.2. The summed E-state index contributed by atoms with van der Waals surface area (Å²) in [5.41, 5.74) is 7.68. The van der Waals surface area contributed by atoms with Crippen molar-refractivity contribution in [1.29, 1.82) is 0 Å². The van der Waals surface area contributed by atoms with E-state index in [9.17, 15) is 29.7 Å². The molecule has 0 spiro atoms. The predicted molar refractivity (Wildman–Crippen MR) is 136 cm³/mol. The van der Waals surface area contributed by atoms with Crippen LogP contribution in [0.1, 0.15) is 19.4 Å². The summed E-state index contributed by atoms with van der Waals surface area (Å²) in [6.45, 7) is 2.83. The van der Waals surface area contributed by atoms with Crippen LogP contribution in [-0.4, -0.2) is 63.0 Å². The van der Waals surface area contributed by atoms with E-state index in [0.717, 1.165) is 26.8 Å². The summed E-state index contributed by atoms with van der Waals surface area (Å²) in [6.07, 6.45) is 0.00774. The lowest BCUT2D eigenvalue weighted by atomic mass is 9.98. The number of urea groups is 1. The molecule has 0 fully saturated rings. The van der Waals surface area contributed by atoms with Crippen LogP contribution in [0.2, 0.25) is 0 Å². The molecule has 0 heterocycles. The molecule has 0 aliphatic rings. The Bertz CT molecular complexity index is 1240. The number of aliphatic hydroxyl groups is 2. The van der Waals surface area contributed by atoms with Gasteiger partial charge in [0.25, 0.3) is 11.7 Å². The number of fused-ring (bicyclic) bond motifs is 1. The van der Waals surface area contributed by atoms with Crippen molar-refractivity contribution >= 4 is 28.7 Å². The van der Waals surface area contributed by atoms with Crippen molar-refractivity contribution in [2.24, 2.45) is 11.7 Å². The number of carbonyl (C=O) groups excluding carboxylic acids is 2. The van der Waals surface area contributed by atoms with E-state index in [1.54, 1.807) is 26.0 Å². The molecule has 3 aromatic rings. The van der Waals surface area contributed by atoms with E-state index in [0.29, 0.717) is 5.56 Å². The third-order valence-electron chi connectivity index (χ3n) is 5.75.